The van der Waals surface area contributed by atoms with Gasteiger partial charge in [-0.05, 0) is 30.3 Å². The van der Waals surface area contributed by atoms with Crippen molar-refractivity contribution in [1.82, 2.24) is 24.5 Å². The minimum atomic E-state index is 0.594. The molecule has 7 rings (SSSR count). The maximum atomic E-state index is 5.10. The topological polar surface area (TPSA) is 56.5 Å². The molecule has 0 N–H and O–H groups in total. The molecule has 0 aliphatic rings. The van der Waals surface area contributed by atoms with E-state index in [1.165, 1.54) is 32.8 Å². The van der Waals surface area contributed by atoms with Crippen molar-refractivity contribution in [1.29, 1.82) is 0 Å². The first kappa shape index (κ1) is 17.5. The fourth-order valence-corrected chi connectivity index (χ4v) is 5.61. The Kier molecular flexibility index (Phi) is 3.65. The van der Waals surface area contributed by atoms with E-state index in [4.69, 9.17) is 4.98 Å². The molecular weight excluding hydrogens is 414 g/mol. The van der Waals surface area contributed by atoms with E-state index in [2.05, 4.69) is 80.2 Å². The highest BCUT2D eigenvalue weighted by Gasteiger charge is 2.20. The van der Waals surface area contributed by atoms with E-state index < -0.39 is 0 Å². The van der Waals surface area contributed by atoms with E-state index in [-0.39, 0.29) is 0 Å². The summed E-state index contributed by atoms with van der Waals surface area (Å²) in [4.78, 5) is 18.1. The third-order valence-corrected chi connectivity index (χ3v) is 6.99. The predicted molar refractivity (Wildman–Crippen MR) is 130 cm³/mol. The quantitative estimate of drug-likeness (QED) is 0.319. The lowest BCUT2D eigenvalue weighted by Gasteiger charge is -2.06. The van der Waals surface area contributed by atoms with Crippen molar-refractivity contribution in [3.8, 4) is 17.2 Å². The molecule has 0 spiro atoms. The summed E-state index contributed by atoms with van der Waals surface area (Å²) in [6, 6.07) is 27.4. The number of thiophene rings is 1. The van der Waals surface area contributed by atoms with E-state index in [1.807, 2.05) is 18.2 Å². The van der Waals surface area contributed by atoms with Gasteiger partial charge in [0.25, 0.3) is 0 Å². The summed E-state index contributed by atoms with van der Waals surface area (Å²) in [5.74, 6) is 0.594. The summed E-state index contributed by atoms with van der Waals surface area (Å²) in [5, 5.41) is 3.54. The Morgan fingerprint density at radius 2 is 1.50 bits per heavy atom. The van der Waals surface area contributed by atoms with Crippen LogP contribution in [-0.2, 0) is 0 Å². The van der Waals surface area contributed by atoms with E-state index >= 15 is 0 Å². The predicted octanol–water partition coefficient (Wildman–Crippen LogP) is 6.40. The summed E-state index contributed by atoms with van der Waals surface area (Å²) in [6.07, 6.45) is 3.08. The fraction of sp³-hybridized carbons (Fsp3) is 0. The molecule has 6 heteroatoms. The maximum Gasteiger partial charge on any atom is 0.237 e. The van der Waals surface area contributed by atoms with Crippen molar-refractivity contribution < 1.29 is 0 Å². The van der Waals surface area contributed by atoms with Crippen LogP contribution in [0, 0.1) is 0 Å². The van der Waals surface area contributed by atoms with Gasteiger partial charge in [-0.1, -0.05) is 48.5 Å². The molecule has 32 heavy (non-hydrogen) atoms. The molecule has 0 saturated carbocycles. The van der Waals surface area contributed by atoms with Crippen LogP contribution in [0.25, 0.3) is 59.3 Å². The molecule has 4 heterocycles. The number of pyridine rings is 1. The third-order valence-electron chi connectivity index (χ3n) is 5.86. The molecule has 4 aromatic heterocycles. The SMILES string of the molecule is c1ccc(-c2ccc3c(n2)c2ccc4sc5ccccc5c4c2n3-c2ncncn2)cc1. The average molecular weight is 430 g/mol. The van der Waals surface area contributed by atoms with Crippen molar-refractivity contribution >= 4 is 53.4 Å². The van der Waals surface area contributed by atoms with E-state index in [9.17, 15) is 0 Å². The Morgan fingerprint density at radius 1 is 0.688 bits per heavy atom. The van der Waals surface area contributed by atoms with Crippen LogP contribution in [-0.4, -0.2) is 24.5 Å². The highest BCUT2D eigenvalue weighted by molar-refractivity contribution is 7.26. The highest BCUT2D eigenvalue weighted by Crippen LogP contribution is 2.42. The van der Waals surface area contributed by atoms with Crippen LogP contribution in [0.4, 0.5) is 0 Å². The van der Waals surface area contributed by atoms with Crippen LogP contribution < -0.4 is 0 Å². The monoisotopic (exact) mass is 429 g/mol. The zero-order valence-electron chi connectivity index (χ0n) is 16.8. The third kappa shape index (κ3) is 2.44. The van der Waals surface area contributed by atoms with Gasteiger partial charge in [-0.15, -0.1) is 11.3 Å². The standard InChI is InChI=1S/C26H15N5S/c1-2-6-16(7-3-1)19-11-12-20-24(30-19)18-10-13-22-23(17-8-4-5-9-21(17)32-22)25(18)31(20)26-28-14-27-15-29-26/h1-15H. The minimum Gasteiger partial charge on any atom is -0.275 e. The smallest absolute Gasteiger partial charge is 0.237 e. The van der Waals surface area contributed by atoms with Crippen LogP contribution in [0.2, 0.25) is 0 Å². The van der Waals surface area contributed by atoms with E-state index in [0.29, 0.717) is 5.95 Å². The summed E-state index contributed by atoms with van der Waals surface area (Å²) in [6.45, 7) is 0. The lowest BCUT2D eigenvalue weighted by Crippen LogP contribution is -2.01. The number of nitrogens with zero attached hydrogens (tertiary/aromatic N) is 5. The molecule has 0 saturated heterocycles. The Hall–Kier alpha value is -4.16. The Bertz CT molecular complexity index is 1770. The van der Waals surface area contributed by atoms with Crippen molar-refractivity contribution in [2.24, 2.45) is 0 Å². The first-order chi connectivity index (χ1) is 15.9. The van der Waals surface area contributed by atoms with Gasteiger partial charge in [0.05, 0.1) is 22.2 Å². The molecule has 0 atom stereocenters. The zero-order chi connectivity index (χ0) is 21.1. The van der Waals surface area contributed by atoms with Crippen LogP contribution in [0.1, 0.15) is 0 Å². The number of hydrogen-bond acceptors (Lipinski definition) is 5. The van der Waals surface area contributed by atoms with Gasteiger partial charge in [-0.25, -0.2) is 19.9 Å². The van der Waals surface area contributed by atoms with Crippen LogP contribution in [0.5, 0.6) is 0 Å². The Balaban J connectivity index is 1.69. The molecule has 0 bridgehead atoms. The first-order valence-corrected chi connectivity index (χ1v) is 11.1. The summed E-state index contributed by atoms with van der Waals surface area (Å²) >= 11 is 1.80. The second kappa shape index (κ2) is 6.67. The van der Waals surface area contributed by atoms with Gasteiger partial charge in [0, 0.05) is 31.1 Å². The number of benzene rings is 3. The zero-order valence-corrected chi connectivity index (χ0v) is 17.6. The molecule has 0 fully saturated rings. The van der Waals surface area contributed by atoms with E-state index in [1.54, 1.807) is 11.3 Å². The van der Waals surface area contributed by atoms with Crippen molar-refractivity contribution in [3.05, 3.63) is 91.5 Å². The molecule has 3 aromatic carbocycles. The average Bonchev–Trinajstić information content (AvgIpc) is 3.40. The Morgan fingerprint density at radius 3 is 2.38 bits per heavy atom. The van der Waals surface area contributed by atoms with Gasteiger partial charge < -0.3 is 0 Å². The van der Waals surface area contributed by atoms with Gasteiger partial charge in [-0.3, -0.25) is 4.57 Å². The molecule has 0 unspecified atom stereocenters. The second-order valence-electron chi connectivity index (χ2n) is 7.64. The summed E-state index contributed by atoms with van der Waals surface area (Å²) in [7, 11) is 0. The largest absolute Gasteiger partial charge is 0.275 e. The fourth-order valence-electron chi connectivity index (χ4n) is 4.50. The molecule has 150 valence electrons. The van der Waals surface area contributed by atoms with Gasteiger partial charge >= 0.3 is 0 Å². The Labute approximate surface area is 186 Å². The molecular formula is C26H15N5S. The van der Waals surface area contributed by atoms with Crippen molar-refractivity contribution in [2.75, 3.05) is 0 Å². The second-order valence-corrected chi connectivity index (χ2v) is 8.72. The number of hydrogen-bond donors (Lipinski definition) is 0. The normalized spacial score (nSPS) is 11.8. The number of aromatic nitrogens is 5. The molecule has 0 aliphatic heterocycles. The maximum absolute atomic E-state index is 5.10. The lowest BCUT2D eigenvalue weighted by molar-refractivity contribution is 0.941. The molecule has 0 amide bonds. The molecule has 7 aromatic rings. The van der Waals surface area contributed by atoms with Crippen LogP contribution in [0.3, 0.4) is 0 Å². The highest BCUT2D eigenvalue weighted by atomic mass is 32.1. The first-order valence-electron chi connectivity index (χ1n) is 10.3. The summed E-state index contributed by atoms with van der Waals surface area (Å²) in [5.41, 5.74) is 5.05. The van der Waals surface area contributed by atoms with Crippen LogP contribution >= 0.6 is 11.3 Å². The minimum absolute atomic E-state index is 0.594. The molecule has 5 nitrogen and oxygen atoms in total. The number of rotatable bonds is 2. The molecule has 0 radical (unpaired) electrons. The lowest BCUT2D eigenvalue weighted by atomic mass is 10.1. The van der Waals surface area contributed by atoms with Gasteiger partial charge in [0.15, 0.2) is 0 Å². The summed E-state index contributed by atoms with van der Waals surface area (Å²) < 4.78 is 4.62. The van der Waals surface area contributed by atoms with Crippen molar-refractivity contribution in [2.45, 2.75) is 0 Å². The van der Waals surface area contributed by atoms with Crippen LogP contribution in [0.15, 0.2) is 91.5 Å². The molecule has 0 aliphatic carbocycles. The van der Waals surface area contributed by atoms with Gasteiger partial charge in [-0.2, -0.15) is 0 Å². The van der Waals surface area contributed by atoms with E-state index in [0.717, 1.165) is 33.2 Å². The van der Waals surface area contributed by atoms with Crippen molar-refractivity contribution in [3.63, 3.8) is 0 Å². The van der Waals surface area contributed by atoms with Gasteiger partial charge in [0.1, 0.15) is 12.7 Å². The number of fused-ring (bicyclic) bond motifs is 7. The van der Waals surface area contributed by atoms with Gasteiger partial charge in [0.2, 0.25) is 5.95 Å².